The Kier molecular flexibility index (Phi) is 2.86. The van der Waals surface area contributed by atoms with E-state index in [0.717, 1.165) is 13.1 Å². The van der Waals surface area contributed by atoms with Crippen LogP contribution in [0.3, 0.4) is 0 Å². The average molecular weight is 231 g/mol. The maximum absolute atomic E-state index is 5.95. The van der Waals surface area contributed by atoms with E-state index in [1.807, 2.05) is 0 Å². The first kappa shape index (κ1) is 12.0. The zero-order chi connectivity index (χ0) is 12.6. The number of likely N-dealkylation sites (N-methyl/N-ethyl adjacent to an activating group) is 1. The van der Waals surface area contributed by atoms with Crippen molar-refractivity contribution in [1.82, 2.24) is 4.90 Å². The topological polar surface area (TPSA) is 41.6 Å². The molecule has 1 aromatic rings. The van der Waals surface area contributed by atoms with Crippen molar-refractivity contribution in [1.29, 1.82) is 0 Å². The summed E-state index contributed by atoms with van der Waals surface area (Å²) in [5.74, 6) is 0.661. The lowest BCUT2D eigenvalue weighted by molar-refractivity contribution is 0.234. The van der Waals surface area contributed by atoms with Gasteiger partial charge in [0.15, 0.2) is 5.96 Å². The summed E-state index contributed by atoms with van der Waals surface area (Å²) in [6.07, 6.45) is 0. The summed E-state index contributed by atoms with van der Waals surface area (Å²) >= 11 is 0. The minimum absolute atomic E-state index is 0.0877. The molecule has 0 bridgehead atoms. The number of nitrogens with two attached hydrogens (primary N) is 1. The summed E-state index contributed by atoms with van der Waals surface area (Å²) in [5.41, 5.74) is 9.76. The molecule has 0 fully saturated rings. The largest absolute Gasteiger partial charge is 0.370 e. The molecule has 1 unspecified atom stereocenters. The molecule has 3 nitrogen and oxygen atoms in total. The van der Waals surface area contributed by atoms with Crippen LogP contribution in [-0.4, -0.2) is 23.9 Å². The van der Waals surface area contributed by atoms with Gasteiger partial charge in [-0.1, -0.05) is 29.3 Å². The zero-order valence-electron chi connectivity index (χ0n) is 11.1. The fourth-order valence-corrected chi connectivity index (χ4v) is 2.70. The van der Waals surface area contributed by atoms with Crippen LogP contribution in [0.25, 0.3) is 0 Å². The second-order valence-corrected chi connectivity index (χ2v) is 5.07. The first-order chi connectivity index (χ1) is 7.97. The van der Waals surface area contributed by atoms with Crippen LogP contribution in [0.5, 0.6) is 0 Å². The molecule has 1 aliphatic rings. The van der Waals surface area contributed by atoms with Gasteiger partial charge in [-0.25, -0.2) is 0 Å². The Morgan fingerprint density at radius 1 is 1.29 bits per heavy atom. The molecule has 1 aliphatic heterocycles. The molecule has 92 valence electrons. The Bertz CT molecular complexity index is 444. The molecular formula is C14H21N3. The van der Waals surface area contributed by atoms with E-state index < -0.39 is 0 Å². The van der Waals surface area contributed by atoms with E-state index in [1.165, 1.54) is 16.7 Å². The smallest absolute Gasteiger partial charge is 0.192 e. The predicted octanol–water partition coefficient (Wildman–Crippen LogP) is 2.17. The Balaban J connectivity index is 2.45. The van der Waals surface area contributed by atoms with Crippen molar-refractivity contribution < 1.29 is 0 Å². The Labute approximate surface area is 103 Å². The summed E-state index contributed by atoms with van der Waals surface area (Å²) in [6, 6.07) is 6.68. The number of guanidine groups is 1. The normalized spacial score (nSPS) is 24.0. The van der Waals surface area contributed by atoms with Crippen LogP contribution in [0, 0.1) is 13.8 Å². The van der Waals surface area contributed by atoms with E-state index in [1.54, 1.807) is 0 Å². The van der Waals surface area contributed by atoms with Gasteiger partial charge in [0.2, 0.25) is 0 Å². The molecule has 0 radical (unpaired) electrons. The molecule has 17 heavy (non-hydrogen) atoms. The van der Waals surface area contributed by atoms with E-state index in [0.29, 0.717) is 5.96 Å². The van der Waals surface area contributed by atoms with Crippen LogP contribution in [-0.2, 0) is 5.54 Å². The van der Waals surface area contributed by atoms with Crippen molar-refractivity contribution in [3.8, 4) is 0 Å². The standard InChI is InChI=1S/C14H21N3/c1-5-17-13(15)16-9-14(17,4)12-7-10(2)6-11(3)8-12/h6-8H,5,9H2,1-4H3,(H2,15,16). The monoisotopic (exact) mass is 231 g/mol. The molecule has 3 heteroatoms. The number of nitrogens with zero attached hydrogens (tertiary/aromatic N) is 2. The number of aliphatic imine (C=N–C) groups is 1. The summed E-state index contributed by atoms with van der Waals surface area (Å²) in [5, 5.41) is 0. The van der Waals surface area contributed by atoms with Crippen molar-refractivity contribution in [2.75, 3.05) is 13.1 Å². The average Bonchev–Trinajstić information content (AvgIpc) is 2.54. The molecule has 1 heterocycles. The summed E-state index contributed by atoms with van der Waals surface area (Å²) < 4.78 is 0. The molecule has 2 N–H and O–H groups in total. The van der Waals surface area contributed by atoms with Crippen LogP contribution in [0.2, 0.25) is 0 Å². The highest BCUT2D eigenvalue weighted by atomic mass is 15.3. The second-order valence-electron chi connectivity index (χ2n) is 5.07. The number of hydrogen-bond donors (Lipinski definition) is 1. The SMILES string of the molecule is CCN1C(N)=NCC1(C)c1cc(C)cc(C)c1. The molecule has 0 aromatic heterocycles. The fraction of sp³-hybridized carbons (Fsp3) is 0.500. The third-order valence-electron chi connectivity index (χ3n) is 3.58. The molecule has 0 spiro atoms. The van der Waals surface area contributed by atoms with Crippen molar-refractivity contribution in [2.45, 2.75) is 33.2 Å². The Hall–Kier alpha value is -1.51. The molecule has 1 atom stereocenters. The molecule has 0 saturated carbocycles. The van der Waals surface area contributed by atoms with E-state index in [4.69, 9.17) is 5.73 Å². The van der Waals surface area contributed by atoms with Crippen molar-refractivity contribution in [3.63, 3.8) is 0 Å². The highest BCUT2D eigenvalue weighted by molar-refractivity contribution is 5.81. The molecular weight excluding hydrogens is 210 g/mol. The van der Waals surface area contributed by atoms with Gasteiger partial charge in [-0.15, -0.1) is 0 Å². The van der Waals surface area contributed by atoms with Crippen LogP contribution < -0.4 is 5.73 Å². The summed E-state index contributed by atoms with van der Waals surface area (Å²) in [4.78, 5) is 6.58. The molecule has 1 aromatic carbocycles. The van der Waals surface area contributed by atoms with Gasteiger partial charge in [-0.2, -0.15) is 0 Å². The molecule has 0 amide bonds. The summed E-state index contributed by atoms with van der Waals surface area (Å²) in [6.45, 7) is 10.2. The van der Waals surface area contributed by atoms with Crippen molar-refractivity contribution in [2.24, 2.45) is 10.7 Å². The zero-order valence-corrected chi connectivity index (χ0v) is 11.1. The van der Waals surface area contributed by atoms with Crippen LogP contribution in [0.1, 0.15) is 30.5 Å². The number of hydrogen-bond acceptors (Lipinski definition) is 3. The Morgan fingerprint density at radius 2 is 1.88 bits per heavy atom. The maximum atomic E-state index is 5.95. The van der Waals surface area contributed by atoms with Crippen LogP contribution >= 0.6 is 0 Å². The third-order valence-corrected chi connectivity index (χ3v) is 3.58. The predicted molar refractivity (Wildman–Crippen MR) is 72.1 cm³/mol. The van der Waals surface area contributed by atoms with Gasteiger partial charge in [0.05, 0.1) is 12.1 Å². The first-order valence-electron chi connectivity index (χ1n) is 6.13. The van der Waals surface area contributed by atoms with Gasteiger partial charge >= 0.3 is 0 Å². The lowest BCUT2D eigenvalue weighted by Gasteiger charge is -2.36. The molecule has 2 rings (SSSR count). The minimum Gasteiger partial charge on any atom is -0.370 e. The van der Waals surface area contributed by atoms with Gasteiger partial charge in [-0.3, -0.25) is 4.99 Å². The van der Waals surface area contributed by atoms with Crippen molar-refractivity contribution >= 4 is 5.96 Å². The Morgan fingerprint density at radius 3 is 2.41 bits per heavy atom. The number of aryl methyl sites for hydroxylation is 2. The first-order valence-corrected chi connectivity index (χ1v) is 6.13. The van der Waals surface area contributed by atoms with Gasteiger partial charge in [-0.05, 0) is 33.3 Å². The second kappa shape index (κ2) is 4.06. The quantitative estimate of drug-likeness (QED) is 0.847. The van der Waals surface area contributed by atoms with E-state index in [2.05, 4.69) is 55.8 Å². The van der Waals surface area contributed by atoms with E-state index in [-0.39, 0.29) is 5.54 Å². The number of rotatable bonds is 2. The molecule has 0 aliphatic carbocycles. The van der Waals surface area contributed by atoms with Gasteiger partial charge in [0.1, 0.15) is 0 Å². The summed E-state index contributed by atoms with van der Waals surface area (Å²) in [7, 11) is 0. The van der Waals surface area contributed by atoms with Crippen LogP contribution in [0.4, 0.5) is 0 Å². The van der Waals surface area contributed by atoms with Gasteiger partial charge < -0.3 is 10.6 Å². The lowest BCUT2D eigenvalue weighted by Crippen LogP contribution is -2.47. The molecule has 0 saturated heterocycles. The van der Waals surface area contributed by atoms with Gasteiger partial charge in [0, 0.05) is 6.54 Å². The lowest BCUT2D eigenvalue weighted by atomic mass is 9.89. The highest BCUT2D eigenvalue weighted by Crippen LogP contribution is 2.33. The third kappa shape index (κ3) is 1.90. The van der Waals surface area contributed by atoms with E-state index >= 15 is 0 Å². The number of benzene rings is 1. The maximum Gasteiger partial charge on any atom is 0.192 e. The van der Waals surface area contributed by atoms with Crippen molar-refractivity contribution in [3.05, 3.63) is 34.9 Å². The minimum atomic E-state index is -0.0877. The highest BCUT2D eigenvalue weighted by Gasteiger charge is 2.38. The van der Waals surface area contributed by atoms with Gasteiger partial charge in [0.25, 0.3) is 0 Å². The van der Waals surface area contributed by atoms with Crippen LogP contribution in [0.15, 0.2) is 23.2 Å². The fourth-order valence-electron chi connectivity index (χ4n) is 2.70. The van der Waals surface area contributed by atoms with E-state index in [9.17, 15) is 0 Å².